The number of carbonyl (C=O) groups is 1. The van der Waals surface area contributed by atoms with E-state index in [0.29, 0.717) is 0 Å². The molecule has 0 radical (unpaired) electrons. The van der Waals surface area contributed by atoms with Gasteiger partial charge in [-0.3, -0.25) is 4.79 Å². The lowest BCUT2D eigenvalue weighted by atomic mass is 9.92. The van der Waals surface area contributed by atoms with Crippen molar-refractivity contribution in [2.75, 3.05) is 0 Å². The maximum atomic E-state index is 11.6. The van der Waals surface area contributed by atoms with Crippen molar-refractivity contribution in [3.8, 4) is 0 Å². The fourth-order valence-corrected chi connectivity index (χ4v) is 2.51. The molecule has 0 saturated carbocycles. The molecule has 0 atom stereocenters. The van der Waals surface area contributed by atoms with Gasteiger partial charge < -0.3 is 5.32 Å². The van der Waals surface area contributed by atoms with Gasteiger partial charge in [0.15, 0.2) is 0 Å². The third-order valence-electron chi connectivity index (χ3n) is 3.07. The SMILES string of the molecule is CC(C)NC(=O)/C=C/C1=C(Cl)c2ccccc2CC1. The van der Waals surface area contributed by atoms with Crippen molar-refractivity contribution < 1.29 is 4.79 Å². The molecule has 1 aromatic rings. The lowest BCUT2D eigenvalue weighted by Gasteiger charge is -2.17. The first-order valence-corrected chi connectivity index (χ1v) is 6.91. The predicted molar refractivity (Wildman–Crippen MR) is 80.0 cm³/mol. The monoisotopic (exact) mass is 275 g/mol. The van der Waals surface area contributed by atoms with E-state index in [1.807, 2.05) is 38.1 Å². The number of aryl methyl sites for hydroxylation is 1. The second-order valence-electron chi connectivity index (χ2n) is 4.99. The minimum Gasteiger partial charge on any atom is -0.350 e. The summed E-state index contributed by atoms with van der Waals surface area (Å²) >= 11 is 6.40. The van der Waals surface area contributed by atoms with Crippen LogP contribution in [0.2, 0.25) is 0 Å². The van der Waals surface area contributed by atoms with Crippen molar-refractivity contribution in [1.29, 1.82) is 0 Å². The van der Waals surface area contributed by atoms with Gasteiger partial charge in [-0.2, -0.15) is 0 Å². The molecule has 1 aliphatic carbocycles. The quantitative estimate of drug-likeness (QED) is 0.838. The first-order chi connectivity index (χ1) is 9.08. The van der Waals surface area contributed by atoms with Crippen LogP contribution in [0, 0.1) is 0 Å². The Balaban J connectivity index is 2.18. The van der Waals surface area contributed by atoms with E-state index in [0.717, 1.165) is 29.0 Å². The minimum atomic E-state index is -0.0779. The predicted octanol–water partition coefficient (Wildman–Crippen LogP) is 3.66. The molecule has 0 aromatic heterocycles. The standard InChI is InChI=1S/C16H18ClNO/c1-11(2)18-15(19)10-9-13-8-7-12-5-3-4-6-14(12)16(13)17/h3-6,9-11H,7-8H2,1-2H3,(H,18,19)/b10-9+. The molecule has 2 nitrogen and oxygen atoms in total. The molecule has 0 unspecified atom stereocenters. The molecular weight excluding hydrogens is 258 g/mol. The Bertz CT molecular complexity index is 543. The molecule has 1 aliphatic rings. The molecule has 0 fully saturated rings. The molecule has 3 heteroatoms. The summed E-state index contributed by atoms with van der Waals surface area (Å²) in [6.07, 6.45) is 5.24. The summed E-state index contributed by atoms with van der Waals surface area (Å²) in [5, 5.41) is 3.58. The topological polar surface area (TPSA) is 29.1 Å². The van der Waals surface area contributed by atoms with Gasteiger partial charge in [0.25, 0.3) is 0 Å². The molecule has 19 heavy (non-hydrogen) atoms. The lowest BCUT2D eigenvalue weighted by Crippen LogP contribution is -2.28. The van der Waals surface area contributed by atoms with Crippen LogP contribution in [-0.2, 0) is 11.2 Å². The van der Waals surface area contributed by atoms with Crippen LogP contribution in [0.25, 0.3) is 5.03 Å². The zero-order valence-corrected chi connectivity index (χ0v) is 12.0. The van der Waals surface area contributed by atoms with Crippen LogP contribution in [0.4, 0.5) is 0 Å². The van der Waals surface area contributed by atoms with Crippen LogP contribution in [0.1, 0.15) is 31.4 Å². The second kappa shape index (κ2) is 6.07. The molecule has 0 bridgehead atoms. The first kappa shape index (κ1) is 13.9. The lowest BCUT2D eigenvalue weighted by molar-refractivity contribution is -0.116. The van der Waals surface area contributed by atoms with Crippen LogP contribution in [0.3, 0.4) is 0 Å². The van der Waals surface area contributed by atoms with E-state index in [1.54, 1.807) is 6.08 Å². The Morgan fingerprint density at radius 3 is 2.79 bits per heavy atom. The highest BCUT2D eigenvalue weighted by atomic mass is 35.5. The number of allylic oxidation sites excluding steroid dienone is 2. The number of hydrogen-bond donors (Lipinski definition) is 1. The summed E-state index contributed by atoms with van der Waals surface area (Å²) in [5.74, 6) is -0.0779. The third kappa shape index (κ3) is 3.48. The maximum Gasteiger partial charge on any atom is 0.244 e. The van der Waals surface area contributed by atoms with Crippen molar-refractivity contribution >= 4 is 22.5 Å². The average Bonchev–Trinajstić information content (AvgIpc) is 2.37. The van der Waals surface area contributed by atoms with Crippen molar-refractivity contribution in [3.05, 3.63) is 53.1 Å². The van der Waals surface area contributed by atoms with Gasteiger partial charge in [0, 0.05) is 12.1 Å². The summed E-state index contributed by atoms with van der Waals surface area (Å²) in [5.41, 5.74) is 3.38. The first-order valence-electron chi connectivity index (χ1n) is 6.53. The normalized spacial score (nSPS) is 14.9. The van der Waals surface area contributed by atoms with Gasteiger partial charge in [-0.15, -0.1) is 0 Å². The highest BCUT2D eigenvalue weighted by Gasteiger charge is 2.15. The van der Waals surface area contributed by atoms with Crippen molar-refractivity contribution in [2.45, 2.75) is 32.7 Å². The van der Waals surface area contributed by atoms with Crippen LogP contribution in [0.5, 0.6) is 0 Å². The summed E-state index contributed by atoms with van der Waals surface area (Å²) < 4.78 is 0. The molecule has 0 aliphatic heterocycles. The van der Waals surface area contributed by atoms with E-state index >= 15 is 0 Å². The number of benzene rings is 1. The van der Waals surface area contributed by atoms with E-state index in [9.17, 15) is 4.79 Å². The number of hydrogen-bond acceptors (Lipinski definition) is 1. The fraction of sp³-hybridized carbons (Fsp3) is 0.312. The second-order valence-corrected chi connectivity index (χ2v) is 5.37. The molecule has 1 amide bonds. The summed E-state index contributed by atoms with van der Waals surface area (Å²) in [6, 6.07) is 8.29. The minimum absolute atomic E-state index is 0.0779. The number of rotatable bonds is 3. The highest BCUT2D eigenvalue weighted by molar-refractivity contribution is 6.49. The highest BCUT2D eigenvalue weighted by Crippen LogP contribution is 2.34. The Labute approximate surface area is 119 Å². The zero-order valence-electron chi connectivity index (χ0n) is 11.2. The van der Waals surface area contributed by atoms with E-state index in [4.69, 9.17) is 11.6 Å². The molecule has 1 N–H and O–H groups in total. The Morgan fingerprint density at radius 1 is 1.32 bits per heavy atom. The number of halogens is 1. The van der Waals surface area contributed by atoms with Crippen molar-refractivity contribution in [2.24, 2.45) is 0 Å². The van der Waals surface area contributed by atoms with Gasteiger partial charge in [0.2, 0.25) is 5.91 Å². The number of fused-ring (bicyclic) bond motifs is 1. The zero-order chi connectivity index (χ0) is 13.8. The van der Waals surface area contributed by atoms with E-state index in [2.05, 4.69) is 11.4 Å². The smallest absolute Gasteiger partial charge is 0.244 e. The fourth-order valence-electron chi connectivity index (χ4n) is 2.17. The summed E-state index contributed by atoms with van der Waals surface area (Å²) in [7, 11) is 0. The van der Waals surface area contributed by atoms with Crippen molar-refractivity contribution in [1.82, 2.24) is 5.32 Å². The van der Waals surface area contributed by atoms with Gasteiger partial charge in [-0.1, -0.05) is 41.9 Å². The molecule has 2 rings (SSSR count). The van der Waals surface area contributed by atoms with Gasteiger partial charge in [0.1, 0.15) is 0 Å². The van der Waals surface area contributed by atoms with Crippen LogP contribution in [-0.4, -0.2) is 11.9 Å². The van der Waals surface area contributed by atoms with Crippen molar-refractivity contribution in [3.63, 3.8) is 0 Å². The third-order valence-corrected chi connectivity index (χ3v) is 3.51. The molecule has 0 saturated heterocycles. The number of amides is 1. The van der Waals surface area contributed by atoms with Gasteiger partial charge in [-0.25, -0.2) is 0 Å². The number of nitrogens with one attached hydrogen (secondary N) is 1. The molecule has 0 heterocycles. The summed E-state index contributed by atoms with van der Waals surface area (Å²) in [4.78, 5) is 11.6. The van der Waals surface area contributed by atoms with Gasteiger partial charge in [-0.05, 0) is 43.4 Å². The van der Waals surface area contributed by atoms with Gasteiger partial charge >= 0.3 is 0 Å². The number of carbonyl (C=O) groups excluding carboxylic acids is 1. The largest absolute Gasteiger partial charge is 0.350 e. The maximum absolute atomic E-state index is 11.6. The Kier molecular flexibility index (Phi) is 4.43. The molecule has 1 aromatic carbocycles. The molecule has 0 spiro atoms. The Morgan fingerprint density at radius 2 is 2.05 bits per heavy atom. The van der Waals surface area contributed by atoms with Crippen LogP contribution < -0.4 is 5.32 Å². The molecular formula is C16H18ClNO. The summed E-state index contributed by atoms with van der Waals surface area (Å²) in [6.45, 7) is 3.88. The van der Waals surface area contributed by atoms with Gasteiger partial charge in [0.05, 0.1) is 5.03 Å². The average molecular weight is 276 g/mol. The van der Waals surface area contributed by atoms with E-state index in [-0.39, 0.29) is 11.9 Å². The van der Waals surface area contributed by atoms with E-state index < -0.39 is 0 Å². The van der Waals surface area contributed by atoms with E-state index in [1.165, 1.54) is 5.56 Å². The Hall–Kier alpha value is -1.54. The van der Waals surface area contributed by atoms with Crippen LogP contribution >= 0.6 is 11.6 Å². The molecule has 100 valence electrons. The van der Waals surface area contributed by atoms with Crippen LogP contribution in [0.15, 0.2) is 42.0 Å².